The molecule has 180 valence electrons. The van der Waals surface area contributed by atoms with Crippen LogP contribution in [-0.4, -0.2) is 57.6 Å². The molecule has 8 nitrogen and oxygen atoms in total. The third-order valence-corrected chi connectivity index (χ3v) is 6.45. The summed E-state index contributed by atoms with van der Waals surface area (Å²) in [6.45, 7) is 3.24. The molecule has 33 heavy (non-hydrogen) atoms. The Morgan fingerprint density at radius 2 is 1.79 bits per heavy atom. The Labute approximate surface area is 204 Å². The number of methoxy groups -OCH3 is 1. The van der Waals surface area contributed by atoms with Crippen molar-refractivity contribution >= 4 is 50.7 Å². The highest BCUT2D eigenvalue weighted by atomic mass is 35.5. The predicted octanol–water partition coefficient (Wildman–Crippen LogP) is 3.32. The molecule has 2 aromatic rings. The van der Waals surface area contributed by atoms with Crippen molar-refractivity contribution in [2.24, 2.45) is 0 Å². The molecule has 0 aliphatic rings. The number of nitrogens with one attached hydrogen (secondary N) is 1. The smallest absolute Gasteiger partial charge is 0.244 e. The van der Waals surface area contributed by atoms with Crippen molar-refractivity contribution in [1.82, 2.24) is 10.2 Å². The molecule has 0 aliphatic heterocycles. The maximum atomic E-state index is 13.4. The van der Waals surface area contributed by atoms with Gasteiger partial charge in [0.15, 0.2) is 0 Å². The second kappa shape index (κ2) is 11.6. The van der Waals surface area contributed by atoms with E-state index in [1.54, 1.807) is 44.2 Å². The first-order valence-electron chi connectivity index (χ1n) is 10.1. The molecule has 1 N–H and O–H groups in total. The summed E-state index contributed by atoms with van der Waals surface area (Å²) < 4.78 is 31.5. The van der Waals surface area contributed by atoms with Crippen LogP contribution in [0.25, 0.3) is 0 Å². The van der Waals surface area contributed by atoms with Gasteiger partial charge in [0, 0.05) is 23.1 Å². The first-order valence-corrected chi connectivity index (χ1v) is 12.7. The number of anilines is 1. The highest BCUT2D eigenvalue weighted by Gasteiger charge is 2.31. The quantitative estimate of drug-likeness (QED) is 0.523. The van der Waals surface area contributed by atoms with E-state index in [4.69, 9.17) is 27.9 Å². The van der Waals surface area contributed by atoms with Crippen molar-refractivity contribution < 1.29 is 22.7 Å². The van der Waals surface area contributed by atoms with E-state index in [-0.39, 0.29) is 28.9 Å². The van der Waals surface area contributed by atoms with Gasteiger partial charge in [0.2, 0.25) is 21.8 Å². The average Bonchev–Trinajstić information content (AvgIpc) is 2.74. The minimum absolute atomic E-state index is 0.0575. The van der Waals surface area contributed by atoms with Crippen molar-refractivity contribution in [2.45, 2.75) is 26.4 Å². The fourth-order valence-electron chi connectivity index (χ4n) is 3.19. The van der Waals surface area contributed by atoms with E-state index >= 15 is 0 Å². The van der Waals surface area contributed by atoms with Gasteiger partial charge in [0.1, 0.15) is 18.3 Å². The minimum atomic E-state index is -3.91. The molecule has 0 aromatic heterocycles. The second-order valence-corrected chi connectivity index (χ2v) is 10.1. The van der Waals surface area contributed by atoms with E-state index in [0.29, 0.717) is 17.1 Å². The molecular weight excluding hydrogens is 489 g/mol. The van der Waals surface area contributed by atoms with Crippen LogP contribution in [0.3, 0.4) is 0 Å². The number of ether oxygens (including phenoxy) is 1. The number of halogens is 2. The van der Waals surface area contributed by atoms with Gasteiger partial charge in [-0.3, -0.25) is 13.9 Å². The molecule has 2 rings (SSSR count). The summed E-state index contributed by atoms with van der Waals surface area (Å²) in [5.41, 5.74) is 0.812. The predicted molar refractivity (Wildman–Crippen MR) is 130 cm³/mol. The number of hydrogen-bond donors (Lipinski definition) is 1. The molecule has 0 unspecified atom stereocenters. The van der Waals surface area contributed by atoms with Gasteiger partial charge in [-0.1, -0.05) is 35.3 Å². The molecule has 2 amide bonds. The van der Waals surface area contributed by atoms with E-state index in [1.807, 2.05) is 0 Å². The third-order valence-electron chi connectivity index (χ3n) is 4.85. The standard InChI is InChI=1S/C22H27Cl2N3O5S/c1-5-25-22(29)15(2)26(13-16-7-6-8-17(23)11-16)21(28)14-27(33(4,30)31)19-12-18(24)9-10-20(19)32-3/h6-12,15H,5,13-14H2,1-4H3,(H,25,29)/t15-/m0/s1. The zero-order valence-electron chi connectivity index (χ0n) is 18.8. The van der Waals surface area contributed by atoms with Crippen LogP contribution in [0.15, 0.2) is 42.5 Å². The number of carbonyl (C=O) groups excluding carboxylic acids is 2. The highest BCUT2D eigenvalue weighted by Crippen LogP contribution is 2.33. The number of hydrogen-bond acceptors (Lipinski definition) is 5. The van der Waals surface area contributed by atoms with E-state index in [1.165, 1.54) is 24.1 Å². The van der Waals surface area contributed by atoms with Crippen LogP contribution in [-0.2, 0) is 26.2 Å². The van der Waals surface area contributed by atoms with Gasteiger partial charge in [-0.15, -0.1) is 0 Å². The zero-order valence-corrected chi connectivity index (χ0v) is 21.2. The Bertz CT molecular complexity index is 1110. The molecule has 0 radical (unpaired) electrons. The normalized spacial score (nSPS) is 12.1. The van der Waals surface area contributed by atoms with Crippen LogP contribution in [0.5, 0.6) is 5.75 Å². The lowest BCUT2D eigenvalue weighted by Crippen LogP contribution is -2.51. The van der Waals surface area contributed by atoms with Crippen LogP contribution in [0.4, 0.5) is 5.69 Å². The van der Waals surface area contributed by atoms with Crippen molar-refractivity contribution in [3.05, 3.63) is 58.1 Å². The lowest BCUT2D eigenvalue weighted by molar-refractivity contribution is -0.139. The SMILES string of the molecule is CCNC(=O)[C@H](C)N(Cc1cccc(Cl)c1)C(=O)CN(c1cc(Cl)ccc1OC)S(C)(=O)=O. The molecule has 0 saturated carbocycles. The Morgan fingerprint density at radius 3 is 2.36 bits per heavy atom. The molecular formula is C22H27Cl2N3O5S. The van der Waals surface area contributed by atoms with Crippen molar-refractivity contribution in [2.75, 3.05) is 30.8 Å². The zero-order chi connectivity index (χ0) is 24.8. The summed E-state index contributed by atoms with van der Waals surface area (Å²) >= 11 is 12.2. The topological polar surface area (TPSA) is 96.0 Å². The number of nitrogens with zero attached hydrogens (tertiary/aromatic N) is 2. The maximum absolute atomic E-state index is 13.4. The summed E-state index contributed by atoms with van der Waals surface area (Å²) in [4.78, 5) is 27.3. The fourth-order valence-corrected chi connectivity index (χ4v) is 4.41. The van der Waals surface area contributed by atoms with Gasteiger partial charge in [-0.2, -0.15) is 0 Å². The Kier molecular flexibility index (Phi) is 9.39. The molecule has 2 aromatic carbocycles. The number of likely N-dealkylation sites (N-methyl/N-ethyl adjacent to an activating group) is 1. The van der Waals surface area contributed by atoms with Crippen molar-refractivity contribution in [3.8, 4) is 5.75 Å². The fraction of sp³-hybridized carbons (Fsp3) is 0.364. The van der Waals surface area contributed by atoms with E-state index in [9.17, 15) is 18.0 Å². The highest BCUT2D eigenvalue weighted by molar-refractivity contribution is 7.92. The van der Waals surface area contributed by atoms with Crippen molar-refractivity contribution in [1.29, 1.82) is 0 Å². The second-order valence-electron chi connectivity index (χ2n) is 7.31. The number of benzene rings is 2. The lowest BCUT2D eigenvalue weighted by Gasteiger charge is -2.31. The first-order chi connectivity index (χ1) is 15.5. The van der Waals surface area contributed by atoms with E-state index in [0.717, 1.165) is 10.6 Å². The average molecular weight is 516 g/mol. The van der Waals surface area contributed by atoms with E-state index in [2.05, 4.69) is 5.32 Å². The third kappa shape index (κ3) is 7.25. The van der Waals surface area contributed by atoms with Gasteiger partial charge in [-0.25, -0.2) is 8.42 Å². The van der Waals surface area contributed by atoms with Crippen LogP contribution in [0, 0.1) is 0 Å². The van der Waals surface area contributed by atoms with Gasteiger partial charge in [-0.05, 0) is 49.7 Å². The minimum Gasteiger partial charge on any atom is -0.495 e. The molecule has 0 saturated heterocycles. The lowest BCUT2D eigenvalue weighted by atomic mass is 10.1. The molecule has 1 atom stereocenters. The molecule has 0 bridgehead atoms. The largest absolute Gasteiger partial charge is 0.495 e. The Hall–Kier alpha value is -2.49. The molecule has 0 fully saturated rings. The maximum Gasteiger partial charge on any atom is 0.244 e. The summed E-state index contributed by atoms with van der Waals surface area (Å²) in [6.07, 6.45) is 0.981. The van der Waals surface area contributed by atoms with Crippen LogP contribution >= 0.6 is 23.2 Å². The molecule has 0 spiro atoms. The van der Waals surface area contributed by atoms with Crippen LogP contribution < -0.4 is 14.4 Å². The molecule has 0 heterocycles. The summed E-state index contributed by atoms with van der Waals surface area (Å²) in [5.74, 6) is -0.712. The monoisotopic (exact) mass is 515 g/mol. The van der Waals surface area contributed by atoms with Gasteiger partial charge >= 0.3 is 0 Å². The van der Waals surface area contributed by atoms with Crippen molar-refractivity contribution in [3.63, 3.8) is 0 Å². The summed E-state index contributed by atoms with van der Waals surface area (Å²) in [6, 6.07) is 10.5. The van der Waals surface area contributed by atoms with Crippen LogP contribution in [0.1, 0.15) is 19.4 Å². The molecule has 11 heteroatoms. The van der Waals surface area contributed by atoms with Gasteiger partial charge < -0.3 is 15.0 Å². The van der Waals surface area contributed by atoms with Crippen LogP contribution in [0.2, 0.25) is 10.0 Å². The summed E-state index contributed by atoms with van der Waals surface area (Å²) in [7, 11) is -2.52. The summed E-state index contributed by atoms with van der Waals surface area (Å²) in [5, 5.41) is 3.45. The first kappa shape index (κ1) is 26.8. The van der Waals surface area contributed by atoms with Gasteiger partial charge in [0.25, 0.3) is 0 Å². The molecule has 0 aliphatic carbocycles. The number of amides is 2. The van der Waals surface area contributed by atoms with E-state index < -0.39 is 28.5 Å². The Balaban J connectivity index is 2.46. The number of sulfonamides is 1. The van der Waals surface area contributed by atoms with Gasteiger partial charge in [0.05, 0.1) is 19.1 Å². The Morgan fingerprint density at radius 1 is 1.12 bits per heavy atom. The number of carbonyl (C=O) groups is 2. The number of rotatable bonds is 10.